The van der Waals surface area contributed by atoms with Gasteiger partial charge in [0.1, 0.15) is 7.74 Å². The molecule has 0 N–H and O–H groups in total. The lowest BCUT2D eigenvalue weighted by Gasteiger charge is -2.33. The Hall–Kier alpha value is 0.821. The van der Waals surface area contributed by atoms with E-state index in [2.05, 4.69) is 58.9 Å². The van der Waals surface area contributed by atoms with E-state index in [4.69, 9.17) is 0 Å². The largest absolute Gasteiger partial charge is 0.137 e. The van der Waals surface area contributed by atoms with Gasteiger partial charge in [-0.3, -0.25) is 0 Å². The summed E-state index contributed by atoms with van der Waals surface area (Å²) in [6.45, 7) is 22.6. The summed E-state index contributed by atoms with van der Waals surface area (Å²) in [5, 5.41) is 0. The van der Waals surface area contributed by atoms with Gasteiger partial charge in [-0.15, -0.1) is 7.75 Å². The maximum absolute atomic E-state index is 2.52. The molecule has 0 unspecified atom stereocenters. The van der Waals surface area contributed by atoms with Crippen LogP contribution in [0.1, 0.15) is 0 Å². The summed E-state index contributed by atoms with van der Waals surface area (Å²) in [5.74, 6) is 0. The third kappa shape index (κ3) is 5.64. The van der Waals surface area contributed by atoms with Crippen molar-refractivity contribution in [2.24, 2.45) is 0 Å². The van der Waals surface area contributed by atoms with Gasteiger partial charge in [0.25, 0.3) is 0 Å². The maximum Gasteiger partial charge on any atom is 0.101 e. The SMILES string of the molecule is C[Si](C)(C)P=C([Si](C)(C)C)[Si](C)(C)C. The quantitative estimate of drug-likeness (QED) is 0.511. The Kier molecular flexibility index (Phi) is 4.62. The van der Waals surface area contributed by atoms with E-state index in [-0.39, 0.29) is 0 Å². The Balaban J connectivity index is 5.26. The highest BCUT2D eigenvalue weighted by atomic mass is 31.3. The van der Waals surface area contributed by atoms with Crippen LogP contribution in [-0.2, 0) is 0 Å². The van der Waals surface area contributed by atoms with Gasteiger partial charge in [-0.25, -0.2) is 0 Å². The summed E-state index contributed by atoms with van der Waals surface area (Å²) in [7, 11) is -1.24. The monoisotopic (exact) mass is 262 g/mol. The van der Waals surface area contributed by atoms with Crippen molar-refractivity contribution in [3.8, 4) is 0 Å². The van der Waals surface area contributed by atoms with Crippen LogP contribution in [0.15, 0.2) is 0 Å². The first-order chi connectivity index (χ1) is 5.84. The minimum atomic E-state index is -1.03. The van der Waals surface area contributed by atoms with Gasteiger partial charge < -0.3 is 0 Å². The van der Waals surface area contributed by atoms with Crippen molar-refractivity contribution in [2.45, 2.75) is 58.9 Å². The van der Waals surface area contributed by atoms with Gasteiger partial charge in [0.05, 0.1) is 16.1 Å². The van der Waals surface area contributed by atoms with Gasteiger partial charge in [-0.2, -0.15) is 0 Å². The number of hydrogen-bond acceptors (Lipinski definition) is 0. The third-order valence-corrected chi connectivity index (χ3v) is 18.8. The van der Waals surface area contributed by atoms with Crippen LogP contribution in [0.5, 0.6) is 0 Å². The zero-order chi connectivity index (χ0) is 11.8. The Morgan fingerprint density at radius 2 is 0.929 bits per heavy atom. The lowest BCUT2D eigenvalue weighted by atomic mass is 11.7. The van der Waals surface area contributed by atoms with Crippen LogP contribution in [0.25, 0.3) is 0 Å². The molecule has 0 fully saturated rings. The Morgan fingerprint density at radius 1 is 0.643 bits per heavy atom. The molecule has 0 aromatic heterocycles. The molecule has 0 rings (SSSR count). The molecule has 0 bridgehead atoms. The fourth-order valence-corrected chi connectivity index (χ4v) is 28.2. The Labute approximate surface area is 95.2 Å². The molecule has 0 radical (unpaired) electrons. The molecule has 14 heavy (non-hydrogen) atoms. The van der Waals surface area contributed by atoms with Crippen LogP contribution in [0, 0.1) is 0 Å². The average molecular weight is 263 g/mol. The first-order valence-electron chi connectivity index (χ1n) is 5.45. The molecule has 0 spiro atoms. The summed E-state index contributed by atoms with van der Waals surface area (Å²) < 4.78 is 1.99. The molecule has 84 valence electrons. The van der Waals surface area contributed by atoms with Crippen molar-refractivity contribution in [1.82, 2.24) is 0 Å². The van der Waals surface area contributed by atoms with Crippen LogP contribution in [0.4, 0.5) is 0 Å². The van der Waals surface area contributed by atoms with E-state index >= 15 is 0 Å². The lowest BCUT2D eigenvalue weighted by molar-refractivity contribution is 1.79. The molecule has 0 aliphatic rings. The number of rotatable bonds is 3. The molecule has 0 aliphatic heterocycles. The van der Waals surface area contributed by atoms with E-state index in [1.54, 1.807) is 7.75 Å². The van der Waals surface area contributed by atoms with Crippen molar-refractivity contribution >= 4 is 36.2 Å². The summed E-state index contributed by atoms with van der Waals surface area (Å²) in [5.41, 5.74) is 0. The van der Waals surface area contributed by atoms with Crippen molar-refractivity contribution in [1.29, 1.82) is 0 Å². The minimum Gasteiger partial charge on any atom is -0.137 e. The molecule has 0 aromatic rings. The molecule has 0 atom stereocenters. The van der Waals surface area contributed by atoms with Crippen molar-refractivity contribution in [2.75, 3.05) is 0 Å². The third-order valence-electron chi connectivity index (χ3n) is 1.87. The smallest absolute Gasteiger partial charge is 0.101 e. The highest BCUT2D eigenvalue weighted by Crippen LogP contribution is 2.28. The van der Waals surface area contributed by atoms with Gasteiger partial charge >= 0.3 is 0 Å². The minimum absolute atomic E-state index is 0.935. The summed E-state index contributed by atoms with van der Waals surface area (Å²) in [6, 6.07) is 0. The summed E-state index contributed by atoms with van der Waals surface area (Å²) in [6.07, 6.45) is 0. The predicted octanol–water partition coefficient (Wildman–Crippen LogP) is 4.69. The van der Waals surface area contributed by atoms with E-state index < -0.39 is 23.9 Å². The maximum atomic E-state index is 2.52. The highest BCUT2D eigenvalue weighted by molar-refractivity contribution is 7.88. The van der Waals surface area contributed by atoms with Crippen molar-refractivity contribution < 1.29 is 0 Å². The fourth-order valence-electron chi connectivity index (χ4n) is 1.80. The van der Waals surface area contributed by atoms with Crippen LogP contribution in [-0.4, -0.2) is 28.4 Å². The van der Waals surface area contributed by atoms with E-state index in [1.807, 2.05) is 4.54 Å². The zero-order valence-corrected chi connectivity index (χ0v) is 15.3. The molecule has 0 aromatic carbocycles. The normalized spacial score (nSPS) is 14.6. The predicted molar refractivity (Wildman–Crippen MR) is 82.0 cm³/mol. The summed E-state index contributed by atoms with van der Waals surface area (Å²) in [4.78, 5) is 0. The van der Waals surface area contributed by atoms with E-state index in [9.17, 15) is 0 Å². The average Bonchev–Trinajstić information content (AvgIpc) is 1.75. The second-order valence-electron chi connectivity index (χ2n) is 7.13. The van der Waals surface area contributed by atoms with Gasteiger partial charge in [-0.05, 0) is 0 Å². The second kappa shape index (κ2) is 4.36. The lowest BCUT2D eigenvalue weighted by Crippen LogP contribution is -2.49. The number of hydrogen-bond donors (Lipinski definition) is 0. The molecule has 0 saturated heterocycles. The van der Waals surface area contributed by atoms with E-state index in [0.717, 1.165) is 0 Å². The first-order valence-corrected chi connectivity index (χ1v) is 17.7. The molecule has 0 aliphatic carbocycles. The van der Waals surface area contributed by atoms with Crippen molar-refractivity contribution in [3.63, 3.8) is 0 Å². The molecule has 0 saturated carbocycles. The van der Waals surface area contributed by atoms with Crippen LogP contribution in [0.2, 0.25) is 58.9 Å². The molecule has 0 heterocycles. The highest BCUT2D eigenvalue weighted by Gasteiger charge is 2.32. The molecule has 0 amide bonds. The second-order valence-corrected chi connectivity index (χ2v) is 28.2. The topological polar surface area (TPSA) is 0 Å². The van der Waals surface area contributed by atoms with Gasteiger partial charge in [0.2, 0.25) is 0 Å². The van der Waals surface area contributed by atoms with Crippen LogP contribution >= 0.6 is 7.75 Å². The molecular formula is C10H27PSi3. The van der Waals surface area contributed by atoms with Gasteiger partial charge in [-0.1, -0.05) is 63.5 Å². The Morgan fingerprint density at radius 3 is 1.00 bits per heavy atom. The van der Waals surface area contributed by atoms with Gasteiger partial charge in [0, 0.05) is 0 Å². The molecule has 4 heteroatoms. The van der Waals surface area contributed by atoms with Crippen molar-refractivity contribution in [3.05, 3.63) is 0 Å². The molecular weight excluding hydrogens is 235 g/mol. The first kappa shape index (κ1) is 14.8. The molecule has 0 nitrogen and oxygen atoms in total. The van der Waals surface area contributed by atoms with E-state index in [1.165, 1.54) is 0 Å². The van der Waals surface area contributed by atoms with Gasteiger partial charge in [0.15, 0.2) is 0 Å². The van der Waals surface area contributed by atoms with Crippen LogP contribution in [0.3, 0.4) is 0 Å². The Bertz CT molecular complexity index is 209. The van der Waals surface area contributed by atoms with E-state index in [0.29, 0.717) is 0 Å². The van der Waals surface area contributed by atoms with Crippen LogP contribution < -0.4 is 0 Å². The standard InChI is InChI=1S/C10H27PSi3/c1-12(2,3)10(13(4,5)6)11-14(7,8)9/h1-9H3. The fraction of sp³-hybridized carbons (Fsp3) is 0.900. The summed E-state index contributed by atoms with van der Waals surface area (Å²) >= 11 is 0. The zero-order valence-electron chi connectivity index (χ0n) is 11.4.